The molecule has 2 unspecified atom stereocenters. The molecule has 98 valence electrons. The number of esters is 1. The second-order valence-electron chi connectivity index (χ2n) is 5.43. The summed E-state index contributed by atoms with van der Waals surface area (Å²) in [6, 6.07) is 0. The first-order chi connectivity index (χ1) is 8.67. The highest BCUT2D eigenvalue weighted by atomic mass is 16.5. The third-order valence-electron chi connectivity index (χ3n) is 4.17. The minimum absolute atomic E-state index is 0.213. The molecule has 5 nitrogen and oxygen atoms in total. The lowest BCUT2D eigenvalue weighted by molar-refractivity contribution is -0.155. The minimum atomic E-state index is -0.653. The molecule has 0 saturated heterocycles. The summed E-state index contributed by atoms with van der Waals surface area (Å²) in [6.45, 7) is 4.38. The van der Waals surface area contributed by atoms with Crippen LogP contribution in [0.1, 0.15) is 57.2 Å². The third kappa shape index (κ3) is 1.64. The predicted molar refractivity (Wildman–Crippen MR) is 63.0 cm³/mol. The van der Waals surface area contributed by atoms with Crippen molar-refractivity contribution in [2.75, 3.05) is 6.61 Å². The first kappa shape index (κ1) is 11.7. The highest BCUT2D eigenvalue weighted by Gasteiger charge is 2.52. The summed E-state index contributed by atoms with van der Waals surface area (Å²) in [5, 5.41) is 4.03. The average molecular weight is 250 g/mol. The van der Waals surface area contributed by atoms with Crippen LogP contribution >= 0.6 is 0 Å². The molecular weight excluding hydrogens is 232 g/mol. The average Bonchev–Trinajstić information content (AvgIpc) is 2.82. The molecule has 0 bridgehead atoms. The van der Waals surface area contributed by atoms with Crippen LogP contribution < -0.4 is 0 Å². The van der Waals surface area contributed by atoms with Gasteiger partial charge in [0, 0.05) is 5.92 Å². The Morgan fingerprint density at radius 2 is 2.28 bits per heavy atom. The molecule has 0 aromatic carbocycles. The van der Waals surface area contributed by atoms with E-state index in [1.165, 1.54) is 0 Å². The number of rotatable bonds is 4. The molecule has 0 aliphatic heterocycles. The first-order valence-electron chi connectivity index (χ1n) is 6.68. The minimum Gasteiger partial charge on any atom is -0.465 e. The molecule has 1 aromatic rings. The highest BCUT2D eigenvalue weighted by molar-refractivity contribution is 5.83. The molecule has 2 atom stereocenters. The second-order valence-corrected chi connectivity index (χ2v) is 5.43. The van der Waals surface area contributed by atoms with E-state index in [9.17, 15) is 4.79 Å². The summed E-state index contributed by atoms with van der Waals surface area (Å²) < 4.78 is 10.5. The zero-order valence-corrected chi connectivity index (χ0v) is 10.8. The van der Waals surface area contributed by atoms with Crippen LogP contribution in [0.5, 0.6) is 0 Å². The van der Waals surface area contributed by atoms with Crippen LogP contribution in [0.15, 0.2) is 4.52 Å². The lowest BCUT2D eigenvalue weighted by Gasteiger charge is -2.35. The second kappa shape index (κ2) is 4.07. The fourth-order valence-electron chi connectivity index (χ4n) is 2.57. The van der Waals surface area contributed by atoms with E-state index < -0.39 is 5.41 Å². The number of hydrogen-bond donors (Lipinski definition) is 0. The fraction of sp³-hybridized carbons (Fsp3) is 0.769. The van der Waals surface area contributed by atoms with Crippen molar-refractivity contribution in [1.82, 2.24) is 10.1 Å². The van der Waals surface area contributed by atoms with E-state index in [2.05, 4.69) is 17.1 Å². The maximum absolute atomic E-state index is 12.1. The molecule has 0 N–H and O–H groups in total. The van der Waals surface area contributed by atoms with Gasteiger partial charge in [0.1, 0.15) is 5.41 Å². The van der Waals surface area contributed by atoms with Crippen LogP contribution in [0.3, 0.4) is 0 Å². The quantitative estimate of drug-likeness (QED) is 0.766. The van der Waals surface area contributed by atoms with E-state index >= 15 is 0 Å². The molecule has 2 fully saturated rings. The summed E-state index contributed by atoms with van der Waals surface area (Å²) >= 11 is 0. The van der Waals surface area contributed by atoms with E-state index in [4.69, 9.17) is 9.26 Å². The van der Waals surface area contributed by atoms with Gasteiger partial charge in [-0.1, -0.05) is 18.5 Å². The summed E-state index contributed by atoms with van der Waals surface area (Å²) in [5.74, 6) is 2.06. The topological polar surface area (TPSA) is 65.2 Å². The van der Waals surface area contributed by atoms with E-state index in [0.717, 1.165) is 31.5 Å². The van der Waals surface area contributed by atoms with E-state index in [-0.39, 0.29) is 5.97 Å². The van der Waals surface area contributed by atoms with Crippen LogP contribution in [0.25, 0.3) is 0 Å². The molecule has 5 heteroatoms. The fourth-order valence-corrected chi connectivity index (χ4v) is 2.57. The van der Waals surface area contributed by atoms with Crippen molar-refractivity contribution in [2.24, 2.45) is 5.92 Å². The van der Waals surface area contributed by atoms with Gasteiger partial charge in [0.2, 0.25) is 5.89 Å². The standard InChI is InChI=1S/C13H18N2O3/c1-3-17-12(16)13(5-4-6-13)11-14-10(15-18-11)9-7-8(9)2/h8-9H,3-7H2,1-2H3. The van der Waals surface area contributed by atoms with Gasteiger partial charge in [0.25, 0.3) is 0 Å². The van der Waals surface area contributed by atoms with Gasteiger partial charge in [-0.15, -0.1) is 0 Å². The molecule has 2 aliphatic rings. The van der Waals surface area contributed by atoms with Crippen molar-refractivity contribution < 1.29 is 14.1 Å². The highest BCUT2D eigenvalue weighted by Crippen LogP contribution is 2.48. The third-order valence-corrected chi connectivity index (χ3v) is 4.17. The van der Waals surface area contributed by atoms with Gasteiger partial charge in [-0.3, -0.25) is 4.79 Å². The molecule has 3 rings (SSSR count). The summed E-state index contributed by atoms with van der Waals surface area (Å²) in [6.07, 6.45) is 3.64. The number of hydrogen-bond acceptors (Lipinski definition) is 5. The maximum atomic E-state index is 12.1. The number of nitrogens with zero attached hydrogens (tertiary/aromatic N) is 2. The van der Waals surface area contributed by atoms with Crippen molar-refractivity contribution >= 4 is 5.97 Å². The van der Waals surface area contributed by atoms with E-state index in [1.54, 1.807) is 0 Å². The van der Waals surface area contributed by atoms with Gasteiger partial charge >= 0.3 is 5.97 Å². The van der Waals surface area contributed by atoms with E-state index in [1.807, 2.05) is 6.92 Å². The Morgan fingerprint density at radius 1 is 1.56 bits per heavy atom. The molecule has 2 saturated carbocycles. The zero-order chi connectivity index (χ0) is 12.8. The van der Waals surface area contributed by atoms with Gasteiger partial charge < -0.3 is 9.26 Å². The largest absolute Gasteiger partial charge is 0.465 e. The van der Waals surface area contributed by atoms with Crippen LogP contribution in [0, 0.1) is 5.92 Å². The van der Waals surface area contributed by atoms with Crippen molar-refractivity contribution in [3.63, 3.8) is 0 Å². The Hall–Kier alpha value is -1.39. The molecule has 0 radical (unpaired) electrons. The summed E-state index contributed by atoms with van der Waals surface area (Å²) in [5.41, 5.74) is -0.653. The number of carbonyl (C=O) groups excluding carboxylic acids is 1. The molecule has 0 spiro atoms. The SMILES string of the molecule is CCOC(=O)C1(c2nc(C3CC3C)no2)CCC1. The Bertz CT molecular complexity index is 465. The Morgan fingerprint density at radius 3 is 2.78 bits per heavy atom. The smallest absolute Gasteiger partial charge is 0.321 e. The van der Waals surface area contributed by atoms with Crippen molar-refractivity contribution in [2.45, 2.75) is 50.9 Å². The van der Waals surface area contributed by atoms with Gasteiger partial charge in [-0.2, -0.15) is 4.98 Å². The molecule has 1 aromatic heterocycles. The Kier molecular flexibility index (Phi) is 2.64. The zero-order valence-electron chi connectivity index (χ0n) is 10.8. The predicted octanol–water partition coefficient (Wildman–Crippen LogP) is 2.18. The van der Waals surface area contributed by atoms with Crippen LogP contribution in [-0.4, -0.2) is 22.7 Å². The maximum Gasteiger partial charge on any atom is 0.321 e. The lowest BCUT2D eigenvalue weighted by Crippen LogP contribution is -2.44. The Labute approximate surface area is 106 Å². The van der Waals surface area contributed by atoms with Crippen molar-refractivity contribution in [1.29, 1.82) is 0 Å². The first-order valence-corrected chi connectivity index (χ1v) is 6.68. The van der Waals surface area contributed by atoms with Crippen LogP contribution in [0.2, 0.25) is 0 Å². The van der Waals surface area contributed by atoms with Gasteiger partial charge in [0.05, 0.1) is 6.61 Å². The van der Waals surface area contributed by atoms with Gasteiger partial charge in [-0.25, -0.2) is 0 Å². The monoisotopic (exact) mass is 250 g/mol. The Balaban J connectivity index is 1.83. The van der Waals surface area contributed by atoms with Crippen LogP contribution in [-0.2, 0) is 14.9 Å². The number of carbonyl (C=O) groups is 1. The van der Waals surface area contributed by atoms with Gasteiger partial charge in [-0.05, 0) is 32.1 Å². The summed E-state index contributed by atoms with van der Waals surface area (Å²) in [7, 11) is 0. The molecule has 1 heterocycles. The molecule has 2 aliphatic carbocycles. The number of aromatic nitrogens is 2. The molecule has 0 amide bonds. The van der Waals surface area contributed by atoms with Crippen LogP contribution in [0.4, 0.5) is 0 Å². The van der Waals surface area contributed by atoms with Crippen molar-refractivity contribution in [3.05, 3.63) is 11.7 Å². The van der Waals surface area contributed by atoms with Crippen molar-refractivity contribution in [3.8, 4) is 0 Å². The lowest BCUT2D eigenvalue weighted by atomic mass is 9.68. The van der Waals surface area contributed by atoms with Gasteiger partial charge in [0.15, 0.2) is 5.82 Å². The molecular formula is C13H18N2O3. The normalized spacial score (nSPS) is 28.6. The molecule has 18 heavy (non-hydrogen) atoms. The van der Waals surface area contributed by atoms with E-state index in [0.29, 0.717) is 24.3 Å². The number of ether oxygens (including phenoxy) is 1. The summed E-state index contributed by atoms with van der Waals surface area (Å²) in [4.78, 5) is 16.5.